The highest BCUT2D eigenvalue weighted by atomic mass is 16.6. The Morgan fingerprint density at radius 3 is 2.83 bits per heavy atom. The summed E-state index contributed by atoms with van der Waals surface area (Å²) in [6.45, 7) is 3.38. The number of benzene rings is 1. The van der Waals surface area contributed by atoms with Crippen molar-refractivity contribution < 1.29 is 23.7 Å². The second-order valence-electron chi connectivity index (χ2n) is 7.56. The zero-order valence-corrected chi connectivity index (χ0v) is 17.1. The standard InChI is InChI=1S/C21H25N3O6/c1-15-5-3-9-23(12-15)18-8-7-16(11-19(18)24(27)28)21(26)30-14-20(25)22(2)13-17-6-4-10-29-17/h4,6-8,10-11,15H,3,5,9,12-14H2,1-2H3. The Hall–Kier alpha value is -3.36. The number of nitro groups is 1. The molecule has 1 aliphatic heterocycles. The molecular formula is C21H25N3O6. The Morgan fingerprint density at radius 2 is 2.17 bits per heavy atom. The number of nitro benzene ring substituents is 1. The van der Waals surface area contributed by atoms with Crippen molar-refractivity contribution in [2.75, 3.05) is 31.6 Å². The molecule has 1 aliphatic rings. The molecule has 1 atom stereocenters. The smallest absolute Gasteiger partial charge is 0.338 e. The molecule has 1 fully saturated rings. The van der Waals surface area contributed by atoms with Gasteiger partial charge in [-0.2, -0.15) is 0 Å². The lowest BCUT2D eigenvalue weighted by molar-refractivity contribution is -0.384. The number of carbonyl (C=O) groups excluding carboxylic acids is 2. The molecule has 1 amide bonds. The van der Waals surface area contributed by atoms with Crippen molar-refractivity contribution in [1.82, 2.24) is 4.90 Å². The van der Waals surface area contributed by atoms with Gasteiger partial charge in [-0.3, -0.25) is 14.9 Å². The molecule has 1 saturated heterocycles. The summed E-state index contributed by atoms with van der Waals surface area (Å²) in [5.74, 6) is -0.132. The van der Waals surface area contributed by atoms with Gasteiger partial charge in [0, 0.05) is 26.2 Å². The molecule has 0 spiro atoms. The second-order valence-corrected chi connectivity index (χ2v) is 7.56. The van der Waals surface area contributed by atoms with Crippen LogP contribution in [0.1, 0.15) is 35.9 Å². The van der Waals surface area contributed by atoms with Crippen LogP contribution in [0.25, 0.3) is 0 Å². The molecule has 1 aromatic carbocycles. The quantitative estimate of drug-likeness (QED) is 0.388. The summed E-state index contributed by atoms with van der Waals surface area (Å²) in [5, 5.41) is 11.6. The molecule has 3 rings (SSSR count). The first-order valence-corrected chi connectivity index (χ1v) is 9.82. The number of rotatable bonds is 7. The first-order chi connectivity index (χ1) is 14.3. The number of anilines is 1. The third kappa shape index (κ3) is 5.16. The average molecular weight is 415 g/mol. The molecule has 9 heteroatoms. The van der Waals surface area contributed by atoms with Gasteiger partial charge >= 0.3 is 5.97 Å². The van der Waals surface area contributed by atoms with Crippen molar-refractivity contribution in [3.05, 3.63) is 58.0 Å². The first-order valence-electron chi connectivity index (χ1n) is 9.82. The largest absolute Gasteiger partial charge is 0.467 e. The van der Waals surface area contributed by atoms with E-state index in [-0.39, 0.29) is 17.8 Å². The van der Waals surface area contributed by atoms with Crippen molar-refractivity contribution in [3.63, 3.8) is 0 Å². The van der Waals surface area contributed by atoms with Crippen molar-refractivity contribution in [1.29, 1.82) is 0 Å². The maximum absolute atomic E-state index is 12.4. The van der Waals surface area contributed by atoms with Gasteiger partial charge in [0.15, 0.2) is 6.61 Å². The monoisotopic (exact) mass is 415 g/mol. The van der Waals surface area contributed by atoms with Gasteiger partial charge in [0.05, 0.1) is 23.3 Å². The fourth-order valence-corrected chi connectivity index (χ4v) is 3.52. The fourth-order valence-electron chi connectivity index (χ4n) is 3.52. The van der Waals surface area contributed by atoms with Gasteiger partial charge in [0.1, 0.15) is 11.4 Å². The molecule has 0 N–H and O–H groups in total. The highest BCUT2D eigenvalue weighted by Gasteiger charge is 2.26. The van der Waals surface area contributed by atoms with Gasteiger partial charge in [0.25, 0.3) is 11.6 Å². The lowest BCUT2D eigenvalue weighted by Crippen LogP contribution is -2.34. The normalized spacial score (nSPS) is 16.2. The molecule has 2 heterocycles. The number of nitrogens with zero attached hydrogens (tertiary/aromatic N) is 3. The van der Waals surface area contributed by atoms with E-state index in [9.17, 15) is 19.7 Å². The number of piperidine rings is 1. The Labute approximate surface area is 174 Å². The molecule has 1 unspecified atom stereocenters. The minimum atomic E-state index is -0.781. The average Bonchev–Trinajstić information content (AvgIpc) is 3.24. The highest BCUT2D eigenvalue weighted by Crippen LogP contribution is 2.32. The summed E-state index contributed by atoms with van der Waals surface area (Å²) in [6.07, 6.45) is 3.57. The predicted octanol–water partition coefficient (Wildman–Crippen LogP) is 3.24. The maximum Gasteiger partial charge on any atom is 0.338 e. The summed E-state index contributed by atoms with van der Waals surface area (Å²) in [4.78, 5) is 39.0. The van der Waals surface area contributed by atoms with Gasteiger partial charge in [0.2, 0.25) is 0 Å². The fraction of sp³-hybridized carbons (Fsp3) is 0.429. The van der Waals surface area contributed by atoms with Gasteiger partial charge in [-0.25, -0.2) is 4.79 Å². The molecule has 30 heavy (non-hydrogen) atoms. The van der Waals surface area contributed by atoms with Crippen LogP contribution < -0.4 is 4.90 Å². The summed E-state index contributed by atoms with van der Waals surface area (Å²) in [5.41, 5.74) is 0.397. The Bertz CT molecular complexity index is 911. The van der Waals surface area contributed by atoms with E-state index in [4.69, 9.17) is 9.15 Å². The van der Waals surface area contributed by atoms with Crippen molar-refractivity contribution in [2.45, 2.75) is 26.3 Å². The van der Waals surface area contributed by atoms with E-state index in [0.717, 1.165) is 25.9 Å². The number of hydrogen-bond acceptors (Lipinski definition) is 7. The third-order valence-corrected chi connectivity index (χ3v) is 5.13. The van der Waals surface area contributed by atoms with Crippen LogP contribution in [0.5, 0.6) is 0 Å². The summed E-state index contributed by atoms with van der Waals surface area (Å²) >= 11 is 0. The molecule has 0 radical (unpaired) electrons. The van der Waals surface area contributed by atoms with E-state index in [1.807, 2.05) is 4.90 Å². The molecule has 0 bridgehead atoms. The molecule has 0 aliphatic carbocycles. The maximum atomic E-state index is 12.4. The highest BCUT2D eigenvalue weighted by molar-refractivity contribution is 5.93. The van der Waals surface area contributed by atoms with Gasteiger partial charge in [-0.15, -0.1) is 0 Å². The number of furan rings is 1. The zero-order chi connectivity index (χ0) is 21.7. The van der Waals surface area contributed by atoms with Gasteiger partial charge in [-0.1, -0.05) is 6.92 Å². The van der Waals surface area contributed by atoms with E-state index in [1.54, 1.807) is 25.2 Å². The van der Waals surface area contributed by atoms with E-state index in [2.05, 4.69) is 6.92 Å². The Balaban J connectivity index is 1.64. The first kappa shape index (κ1) is 21.4. The van der Waals surface area contributed by atoms with Crippen LogP contribution in [0.4, 0.5) is 11.4 Å². The van der Waals surface area contributed by atoms with E-state index in [1.165, 1.54) is 23.3 Å². The summed E-state index contributed by atoms with van der Waals surface area (Å²) < 4.78 is 10.3. The lowest BCUT2D eigenvalue weighted by atomic mass is 9.99. The van der Waals surface area contributed by atoms with Crippen LogP contribution in [0.2, 0.25) is 0 Å². The molecule has 0 saturated carbocycles. The third-order valence-electron chi connectivity index (χ3n) is 5.13. The van der Waals surface area contributed by atoms with E-state index >= 15 is 0 Å². The van der Waals surface area contributed by atoms with Gasteiger partial charge < -0.3 is 19.0 Å². The molecule has 160 valence electrons. The van der Waals surface area contributed by atoms with Crippen molar-refractivity contribution in [3.8, 4) is 0 Å². The topological polar surface area (TPSA) is 106 Å². The van der Waals surface area contributed by atoms with Gasteiger partial charge in [-0.05, 0) is 43.0 Å². The van der Waals surface area contributed by atoms with E-state index < -0.39 is 23.4 Å². The van der Waals surface area contributed by atoms with Crippen LogP contribution in [0.15, 0.2) is 41.0 Å². The molecule has 9 nitrogen and oxygen atoms in total. The van der Waals surface area contributed by atoms with Crippen LogP contribution >= 0.6 is 0 Å². The molecule has 1 aromatic heterocycles. The van der Waals surface area contributed by atoms with Crippen LogP contribution in [-0.2, 0) is 16.1 Å². The van der Waals surface area contributed by atoms with Crippen LogP contribution in [0.3, 0.4) is 0 Å². The number of esters is 1. The predicted molar refractivity (Wildman–Crippen MR) is 109 cm³/mol. The minimum absolute atomic E-state index is 0.0389. The number of hydrogen-bond donors (Lipinski definition) is 0. The zero-order valence-electron chi connectivity index (χ0n) is 17.1. The second kappa shape index (κ2) is 9.43. The summed E-state index contributed by atoms with van der Waals surface area (Å²) in [6, 6.07) is 7.75. The minimum Gasteiger partial charge on any atom is -0.467 e. The number of carbonyl (C=O) groups is 2. The number of likely N-dealkylation sites (N-methyl/N-ethyl adjacent to an activating group) is 1. The molecular weight excluding hydrogens is 390 g/mol. The Morgan fingerprint density at radius 1 is 1.37 bits per heavy atom. The van der Waals surface area contributed by atoms with Crippen molar-refractivity contribution >= 4 is 23.3 Å². The lowest BCUT2D eigenvalue weighted by Gasteiger charge is -2.32. The molecule has 2 aromatic rings. The van der Waals surface area contributed by atoms with E-state index in [0.29, 0.717) is 17.4 Å². The number of amides is 1. The van der Waals surface area contributed by atoms with Crippen LogP contribution in [0, 0.1) is 16.0 Å². The Kier molecular flexibility index (Phi) is 6.71. The summed E-state index contributed by atoms with van der Waals surface area (Å²) in [7, 11) is 1.57. The van der Waals surface area contributed by atoms with Crippen LogP contribution in [-0.4, -0.2) is 48.4 Å². The number of ether oxygens (including phenoxy) is 1. The SMILES string of the molecule is CC1CCCN(c2ccc(C(=O)OCC(=O)N(C)Cc3ccco3)cc2[N+](=O)[O-])C1. The van der Waals surface area contributed by atoms with Crippen molar-refractivity contribution in [2.24, 2.45) is 5.92 Å².